The SMILES string of the molecule is O=C(CNCC(F)F)NCC(F)(F)F. The third kappa shape index (κ3) is 9.17. The molecule has 0 unspecified atom stereocenters. The molecule has 0 heterocycles. The Hall–Kier alpha value is -0.920. The van der Waals surface area contributed by atoms with Crippen LogP contribution in [-0.4, -0.2) is 38.1 Å². The monoisotopic (exact) mass is 220 g/mol. The minimum absolute atomic E-state index is 0.555. The first kappa shape index (κ1) is 13.1. The highest BCUT2D eigenvalue weighted by atomic mass is 19.4. The van der Waals surface area contributed by atoms with E-state index < -0.39 is 38.1 Å². The normalized spacial score (nSPS) is 11.9. The van der Waals surface area contributed by atoms with Crippen LogP contribution in [0.2, 0.25) is 0 Å². The van der Waals surface area contributed by atoms with Gasteiger partial charge in [-0.2, -0.15) is 13.2 Å². The zero-order valence-corrected chi connectivity index (χ0v) is 7.00. The highest BCUT2D eigenvalue weighted by Gasteiger charge is 2.27. The van der Waals surface area contributed by atoms with Gasteiger partial charge in [-0.1, -0.05) is 0 Å². The molecule has 0 aromatic carbocycles. The van der Waals surface area contributed by atoms with Crippen LogP contribution in [0, 0.1) is 0 Å². The number of carbonyl (C=O) groups excluding carboxylic acids is 1. The van der Waals surface area contributed by atoms with Crippen LogP contribution in [0.25, 0.3) is 0 Å². The fraction of sp³-hybridized carbons (Fsp3) is 0.833. The van der Waals surface area contributed by atoms with E-state index in [-0.39, 0.29) is 0 Å². The van der Waals surface area contributed by atoms with Gasteiger partial charge in [-0.05, 0) is 0 Å². The van der Waals surface area contributed by atoms with Crippen molar-refractivity contribution >= 4 is 5.91 Å². The molecule has 2 N–H and O–H groups in total. The van der Waals surface area contributed by atoms with E-state index >= 15 is 0 Å². The quantitative estimate of drug-likeness (QED) is 0.663. The Bertz CT molecular complexity index is 182. The second-order valence-electron chi connectivity index (χ2n) is 2.41. The van der Waals surface area contributed by atoms with Crippen LogP contribution in [-0.2, 0) is 4.79 Å². The van der Waals surface area contributed by atoms with E-state index in [4.69, 9.17) is 0 Å². The molecule has 14 heavy (non-hydrogen) atoms. The van der Waals surface area contributed by atoms with Gasteiger partial charge in [0.25, 0.3) is 6.43 Å². The Morgan fingerprint density at radius 3 is 2.29 bits per heavy atom. The highest BCUT2D eigenvalue weighted by Crippen LogP contribution is 2.11. The largest absolute Gasteiger partial charge is 0.405 e. The standard InChI is InChI=1S/C6H9F5N2O/c7-4(8)1-12-2-5(14)13-3-6(9,10)11/h4,12H,1-3H2,(H,13,14). The molecule has 0 atom stereocenters. The van der Waals surface area contributed by atoms with Gasteiger partial charge < -0.3 is 10.6 Å². The molecule has 84 valence electrons. The molecule has 8 heteroatoms. The molecule has 0 aliphatic heterocycles. The van der Waals surface area contributed by atoms with Crippen molar-refractivity contribution in [3.63, 3.8) is 0 Å². The van der Waals surface area contributed by atoms with E-state index in [1.807, 2.05) is 5.32 Å². The summed E-state index contributed by atoms with van der Waals surface area (Å²) in [6, 6.07) is 0. The Labute approximate surface area is 76.7 Å². The number of hydrogen-bond acceptors (Lipinski definition) is 2. The topological polar surface area (TPSA) is 41.1 Å². The van der Waals surface area contributed by atoms with E-state index in [9.17, 15) is 26.7 Å². The maximum atomic E-state index is 11.5. The first-order valence-corrected chi connectivity index (χ1v) is 3.63. The van der Waals surface area contributed by atoms with Crippen molar-refractivity contribution < 1.29 is 26.7 Å². The van der Waals surface area contributed by atoms with E-state index in [0.29, 0.717) is 0 Å². The lowest BCUT2D eigenvalue weighted by molar-refractivity contribution is -0.137. The molecule has 0 spiro atoms. The minimum Gasteiger partial charge on any atom is -0.346 e. The highest BCUT2D eigenvalue weighted by molar-refractivity contribution is 5.77. The number of carbonyl (C=O) groups is 1. The summed E-state index contributed by atoms with van der Waals surface area (Å²) in [5.41, 5.74) is 0. The summed E-state index contributed by atoms with van der Waals surface area (Å²) in [7, 11) is 0. The first-order chi connectivity index (χ1) is 6.31. The van der Waals surface area contributed by atoms with Crippen LogP contribution >= 0.6 is 0 Å². The van der Waals surface area contributed by atoms with E-state index in [1.165, 1.54) is 5.32 Å². The summed E-state index contributed by atoms with van der Waals surface area (Å²) in [4.78, 5) is 10.6. The van der Waals surface area contributed by atoms with Crippen molar-refractivity contribution in [2.75, 3.05) is 19.6 Å². The molecule has 0 aromatic rings. The molecule has 0 fully saturated rings. The van der Waals surface area contributed by atoms with Gasteiger partial charge in [-0.3, -0.25) is 4.79 Å². The molecule has 0 rings (SSSR count). The van der Waals surface area contributed by atoms with Crippen molar-refractivity contribution in [1.82, 2.24) is 10.6 Å². The Kier molecular flexibility index (Phi) is 5.36. The van der Waals surface area contributed by atoms with E-state index in [2.05, 4.69) is 0 Å². The summed E-state index contributed by atoms with van der Waals surface area (Å²) in [6.45, 7) is -2.73. The Balaban J connectivity index is 3.47. The van der Waals surface area contributed by atoms with Crippen molar-refractivity contribution in [1.29, 1.82) is 0 Å². The molecule has 0 aliphatic rings. The van der Waals surface area contributed by atoms with Crippen LogP contribution in [0.5, 0.6) is 0 Å². The lowest BCUT2D eigenvalue weighted by Crippen LogP contribution is -2.40. The second kappa shape index (κ2) is 5.74. The molecule has 0 saturated carbocycles. The van der Waals surface area contributed by atoms with Crippen LogP contribution in [0.4, 0.5) is 22.0 Å². The van der Waals surface area contributed by atoms with Crippen LogP contribution in [0.1, 0.15) is 0 Å². The van der Waals surface area contributed by atoms with Crippen molar-refractivity contribution in [2.45, 2.75) is 12.6 Å². The molecular formula is C6H9F5N2O. The van der Waals surface area contributed by atoms with Crippen molar-refractivity contribution in [3.8, 4) is 0 Å². The molecule has 0 saturated heterocycles. The molecule has 0 aliphatic carbocycles. The third-order valence-electron chi connectivity index (χ3n) is 1.07. The summed E-state index contributed by atoms with van der Waals surface area (Å²) in [5, 5.41) is 3.52. The molecule has 0 bridgehead atoms. The van der Waals surface area contributed by atoms with Gasteiger partial charge in [-0.15, -0.1) is 0 Å². The lowest BCUT2D eigenvalue weighted by atomic mass is 10.5. The molecule has 0 radical (unpaired) electrons. The van der Waals surface area contributed by atoms with Gasteiger partial charge in [0.2, 0.25) is 5.91 Å². The summed E-state index contributed by atoms with van der Waals surface area (Å²) >= 11 is 0. The number of halogens is 5. The van der Waals surface area contributed by atoms with Gasteiger partial charge in [0, 0.05) is 0 Å². The van der Waals surface area contributed by atoms with Gasteiger partial charge in [0.15, 0.2) is 0 Å². The molecular weight excluding hydrogens is 211 g/mol. The lowest BCUT2D eigenvalue weighted by Gasteiger charge is -2.08. The van der Waals surface area contributed by atoms with Crippen molar-refractivity contribution in [3.05, 3.63) is 0 Å². The number of hydrogen-bond donors (Lipinski definition) is 2. The Morgan fingerprint density at radius 2 is 1.86 bits per heavy atom. The van der Waals surface area contributed by atoms with Crippen molar-refractivity contribution in [2.24, 2.45) is 0 Å². The average Bonchev–Trinajstić information content (AvgIpc) is 1.99. The molecule has 1 amide bonds. The third-order valence-corrected chi connectivity index (χ3v) is 1.07. The second-order valence-corrected chi connectivity index (χ2v) is 2.41. The molecule has 0 aromatic heterocycles. The fourth-order valence-electron chi connectivity index (χ4n) is 0.556. The first-order valence-electron chi connectivity index (χ1n) is 3.63. The number of rotatable bonds is 5. The maximum Gasteiger partial charge on any atom is 0.405 e. The average molecular weight is 220 g/mol. The van der Waals surface area contributed by atoms with Crippen LogP contribution < -0.4 is 10.6 Å². The van der Waals surface area contributed by atoms with Crippen LogP contribution in [0.3, 0.4) is 0 Å². The van der Waals surface area contributed by atoms with E-state index in [1.54, 1.807) is 0 Å². The van der Waals surface area contributed by atoms with Gasteiger partial charge in [0.1, 0.15) is 6.54 Å². The smallest absolute Gasteiger partial charge is 0.346 e. The number of amides is 1. The zero-order valence-electron chi connectivity index (χ0n) is 7.00. The minimum atomic E-state index is -4.49. The van der Waals surface area contributed by atoms with Gasteiger partial charge >= 0.3 is 6.18 Å². The fourth-order valence-corrected chi connectivity index (χ4v) is 0.556. The van der Waals surface area contributed by atoms with E-state index in [0.717, 1.165) is 0 Å². The molecule has 3 nitrogen and oxygen atoms in total. The van der Waals surface area contributed by atoms with Gasteiger partial charge in [-0.25, -0.2) is 8.78 Å². The predicted molar refractivity (Wildman–Crippen MR) is 37.9 cm³/mol. The summed E-state index contributed by atoms with van der Waals surface area (Å²) in [5.74, 6) is -0.969. The predicted octanol–water partition coefficient (Wildman–Crippen LogP) is 0.520. The number of nitrogens with one attached hydrogen (secondary N) is 2. The van der Waals surface area contributed by atoms with Crippen LogP contribution in [0.15, 0.2) is 0 Å². The zero-order chi connectivity index (χ0) is 11.2. The maximum absolute atomic E-state index is 11.5. The summed E-state index contributed by atoms with van der Waals surface area (Å²) in [6.07, 6.45) is -7.12. The number of alkyl halides is 5. The summed E-state index contributed by atoms with van der Waals surface area (Å²) < 4.78 is 57.5. The van der Waals surface area contributed by atoms with Gasteiger partial charge in [0.05, 0.1) is 13.1 Å². The Morgan fingerprint density at radius 1 is 1.29 bits per heavy atom.